The fourth-order valence-corrected chi connectivity index (χ4v) is 1.46. The van der Waals surface area contributed by atoms with Crippen LogP contribution in [0.4, 0.5) is 4.39 Å². The molecule has 0 spiro atoms. The molecular weight excluding hydrogens is 258 g/mol. The van der Waals surface area contributed by atoms with Gasteiger partial charge in [-0.1, -0.05) is 33.6 Å². The molecule has 0 aliphatic carbocycles. The molecule has 0 aromatic heterocycles. The minimum Gasteiger partial charge on any atom is -0.298 e. The number of carbonyl (C=O) groups is 1. The Bertz CT molecular complexity index is 340. The molecule has 0 bridgehead atoms. The molecule has 0 amide bonds. The first-order valence-corrected chi connectivity index (χ1v) is 4.91. The first-order valence-electron chi connectivity index (χ1n) is 3.62. The third-order valence-electron chi connectivity index (χ3n) is 1.59. The SMILES string of the molecule is CC(=O)C(Br)c1ccc(Cl)cc1F. The largest absolute Gasteiger partial charge is 0.298 e. The van der Waals surface area contributed by atoms with Gasteiger partial charge in [0.25, 0.3) is 0 Å². The molecule has 1 atom stereocenters. The van der Waals surface area contributed by atoms with Crippen molar-refractivity contribution in [1.82, 2.24) is 0 Å². The lowest BCUT2D eigenvalue weighted by Crippen LogP contribution is -2.03. The molecule has 0 heterocycles. The van der Waals surface area contributed by atoms with Crippen molar-refractivity contribution in [2.24, 2.45) is 0 Å². The van der Waals surface area contributed by atoms with Crippen molar-refractivity contribution >= 4 is 33.3 Å². The van der Waals surface area contributed by atoms with Crippen LogP contribution in [0.5, 0.6) is 0 Å². The summed E-state index contributed by atoms with van der Waals surface area (Å²) in [6.45, 7) is 1.40. The maximum atomic E-state index is 13.2. The molecule has 0 fully saturated rings. The van der Waals surface area contributed by atoms with Crippen LogP contribution >= 0.6 is 27.5 Å². The topological polar surface area (TPSA) is 17.1 Å². The van der Waals surface area contributed by atoms with E-state index in [1.807, 2.05) is 0 Å². The zero-order chi connectivity index (χ0) is 10.0. The summed E-state index contributed by atoms with van der Waals surface area (Å²) in [6, 6.07) is 4.24. The van der Waals surface area contributed by atoms with Gasteiger partial charge < -0.3 is 0 Å². The van der Waals surface area contributed by atoms with Gasteiger partial charge in [-0.15, -0.1) is 0 Å². The lowest BCUT2D eigenvalue weighted by atomic mass is 10.1. The van der Waals surface area contributed by atoms with Crippen molar-refractivity contribution in [3.63, 3.8) is 0 Å². The highest BCUT2D eigenvalue weighted by Gasteiger charge is 2.16. The summed E-state index contributed by atoms with van der Waals surface area (Å²) < 4.78 is 13.2. The van der Waals surface area contributed by atoms with Crippen LogP contribution in [0.15, 0.2) is 18.2 Å². The van der Waals surface area contributed by atoms with Crippen molar-refractivity contribution in [2.45, 2.75) is 11.8 Å². The van der Waals surface area contributed by atoms with Crippen LogP contribution in [-0.4, -0.2) is 5.78 Å². The molecule has 70 valence electrons. The van der Waals surface area contributed by atoms with Crippen LogP contribution in [0.2, 0.25) is 5.02 Å². The molecule has 0 N–H and O–H groups in total. The van der Waals surface area contributed by atoms with Crippen molar-refractivity contribution < 1.29 is 9.18 Å². The summed E-state index contributed by atoms with van der Waals surface area (Å²) in [6.07, 6.45) is 0. The highest BCUT2D eigenvalue weighted by Crippen LogP contribution is 2.27. The minimum atomic E-state index is -0.593. The predicted molar refractivity (Wildman–Crippen MR) is 53.8 cm³/mol. The van der Waals surface area contributed by atoms with E-state index in [0.29, 0.717) is 10.6 Å². The molecule has 4 heteroatoms. The van der Waals surface area contributed by atoms with Gasteiger partial charge >= 0.3 is 0 Å². The number of halogens is 3. The Hall–Kier alpha value is -0.410. The van der Waals surface area contributed by atoms with Crippen LogP contribution in [0.1, 0.15) is 17.3 Å². The molecule has 0 aliphatic rings. The molecule has 1 aromatic rings. The lowest BCUT2D eigenvalue weighted by molar-refractivity contribution is -0.116. The second-order valence-corrected chi connectivity index (χ2v) is 3.99. The number of hydrogen-bond donors (Lipinski definition) is 0. The Labute approximate surface area is 89.0 Å². The van der Waals surface area contributed by atoms with Crippen molar-refractivity contribution in [1.29, 1.82) is 0 Å². The van der Waals surface area contributed by atoms with E-state index in [-0.39, 0.29) is 5.78 Å². The van der Waals surface area contributed by atoms with Crippen LogP contribution in [0, 0.1) is 5.82 Å². The Morgan fingerprint density at radius 1 is 1.62 bits per heavy atom. The van der Waals surface area contributed by atoms with Crippen LogP contribution in [0.3, 0.4) is 0 Å². The molecule has 0 radical (unpaired) electrons. The van der Waals surface area contributed by atoms with E-state index in [1.165, 1.54) is 19.1 Å². The van der Waals surface area contributed by atoms with Gasteiger partial charge in [0.2, 0.25) is 0 Å². The Morgan fingerprint density at radius 3 is 2.69 bits per heavy atom. The van der Waals surface area contributed by atoms with E-state index in [0.717, 1.165) is 0 Å². The van der Waals surface area contributed by atoms with Crippen LogP contribution in [0.25, 0.3) is 0 Å². The maximum Gasteiger partial charge on any atom is 0.147 e. The first-order chi connectivity index (χ1) is 6.02. The summed E-state index contributed by atoms with van der Waals surface area (Å²) in [5.41, 5.74) is 0.317. The molecule has 0 saturated heterocycles. The van der Waals surface area contributed by atoms with Crippen LogP contribution < -0.4 is 0 Å². The van der Waals surface area contributed by atoms with Gasteiger partial charge in [0.15, 0.2) is 0 Å². The fourth-order valence-electron chi connectivity index (χ4n) is 0.926. The fraction of sp³-hybridized carbons (Fsp3) is 0.222. The Kier molecular flexibility index (Phi) is 3.45. The van der Waals surface area contributed by atoms with Gasteiger partial charge in [0, 0.05) is 10.6 Å². The molecular formula is C9H7BrClFO. The number of ketones is 1. The molecule has 0 aliphatic heterocycles. The molecule has 1 nitrogen and oxygen atoms in total. The Balaban J connectivity index is 3.08. The number of Topliss-reactive ketones (excluding diaryl/α,β-unsaturated/α-hetero) is 1. The second-order valence-electron chi connectivity index (χ2n) is 2.64. The van der Waals surface area contributed by atoms with Crippen molar-refractivity contribution in [2.75, 3.05) is 0 Å². The monoisotopic (exact) mass is 264 g/mol. The van der Waals surface area contributed by atoms with Gasteiger partial charge in [-0.25, -0.2) is 4.39 Å². The summed E-state index contributed by atoms with van der Waals surface area (Å²) in [7, 11) is 0. The summed E-state index contributed by atoms with van der Waals surface area (Å²) >= 11 is 8.65. The molecule has 0 saturated carbocycles. The number of benzene rings is 1. The third kappa shape index (κ3) is 2.51. The standard InChI is InChI=1S/C9H7BrClFO/c1-5(13)9(10)7-3-2-6(11)4-8(7)12/h2-4,9H,1H3. The molecule has 1 rings (SSSR count). The third-order valence-corrected chi connectivity index (χ3v) is 2.97. The highest BCUT2D eigenvalue weighted by molar-refractivity contribution is 9.09. The van der Waals surface area contributed by atoms with Gasteiger partial charge in [-0.3, -0.25) is 4.79 Å². The number of rotatable bonds is 2. The van der Waals surface area contributed by atoms with E-state index < -0.39 is 10.6 Å². The van der Waals surface area contributed by atoms with E-state index in [1.54, 1.807) is 6.07 Å². The number of hydrogen-bond acceptors (Lipinski definition) is 1. The number of alkyl halides is 1. The van der Waals surface area contributed by atoms with E-state index >= 15 is 0 Å². The first kappa shape index (κ1) is 10.7. The summed E-state index contributed by atoms with van der Waals surface area (Å²) in [4.78, 5) is 10.3. The molecule has 13 heavy (non-hydrogen) atoms. The minimum absolute atomic E-state index is 0.138. The Morgan fingerprint density at radius 2 is 2.23 bits per heavy atom. The predicted octanol–water partition coefficient (Wildman–Crippen LogP) is 3.50. The average molecular weight is 266 g/mol. The smallest absolute Gasteiger partial charge is 0.147 e. The van der Waals surface area contributed by atoms with E-state index in [2.05, 4.69) is 15.9 Å². The normalized spacial score (nSPS) is 12.6. The quantitative estimate of drug-likeness (QED) is 0.748. The van der Waals surface area contributed by atoms with Gasteiger partial charge in [0.05, 0.1) is 0 Å². The molecule has 1 aromatic carbocycles. The van der Waals surface area contributed by atoms with Crippen LogP contribution in [-0.2, 0) is 4.79 Å². The number of carbonyl (C=O) groups excluding carboxylic acids is 1. The highest BCUT2D eigenvalue weighted by atomic mass is 79.9. The van der Waals surface area contributed by atoms with Gasteiger partial charge in [-0.2, -0.15) is 0 Å². The zero-order valence-electron chi connectivity index (χ0n) is 6.85. The van der Waals surface area contributed by atoms with E-state index in [4.69, 9.17) is 11.6 Å². The van der Waals surface area contributed by atoms with Gasteiger partial charge in [-0.05, 0) is 19.1 Å². The van der Waals surface area contributed by atoms with Crippen molar-refractivity contribution in [3.05, 3.63) is 34.6 Å². The average Bonchev–Trinajstić information content (AvgIpc) is 2.03. The van der Waals surface area contributed by atoms with Gasteiger partial charge in [0.1, 0.15) is 16.4 Å². The summed E-state index contributed by atoms with van der Waals surface area (Å²) in [5, 5.41) is 0.324. The van der Waals surface area contributed by atoms with Crippen molar-refractivity contribution in [3.8, 4) is 0 Å². The lowest BCUT2D eigenvalue weighted by Gasteiger charge is -2.07. The molecule has 1 unspecified atom stereocenters. The van der Waals surface area contributed by atoms with E-state index in [9.17, 15) is 9.18 Å². The second kappa shape index (κ2) is 4.20. The maximum absolute atomic E-state index is 13.2. The zero-order valence-corrected chi connectivity index (χ0v) is 9.19. The summed E-state index contributed by atoms with van der Waals surface area (Å²) in [5.74, 6) is -0.606.